The molecule has 0 aliphatic rings. The Labute approximate surface area is 90.4 Å². The van der Waals surface area contributed by atoms with Crippen molar-refractivity contribution in [1.82, 2.24) is 9.97 Å². The Morgan fingerprint density at radius 3 is 2.80 bits per heavy atom. The van der Waals surface area contributed by atoms with E-state index in [4.69, 9.17) is 0 Å². The highest BCUT2D eigenvalue weighted by atomic mass is 79.9. The summed E-state index contributed by atoms with van der Waals surface area (Å²) in [6, 6.07) is 2.71. The lowest BCUT2D eigenvalue weighted by Gasteiger charge is -2.06. The predicted molar refractivity (Wildman–Crippen MR) is 50.4 cm³/mol. The molecule has 0 aliphatic heterocycles. The second-order valence-electron chi connectivity index (χ2n) is 2.68. The van der Waals surface area contributed by atoms with Gasteiger partial charge in [0.15, 0.2) is 0 Å². The van der Waals surface area contributed by atoms with Crippen LogP contribution in [0, 0.1) is 6.08 Å². The number of fused-ring (bicyclic) bond motifs is 1. The van der Waals surface area contributed by atoms with Crippen molar-refractivity contribution in [3.05, 3.63) is 22.7 Å². The van der Waals surface area contributed by atoms with Crippen LogP contribution in [-0.2, 0) is 0 Å². The third-order valence-corrected chi connectivity index (χ3v) is 2.51. The van der Waals surface area contributed by atoms with Gasteiger partial charge in [-0.15, -0.1) is 0 Å². The second-order valence-corrected chi connectivity index (χ2v) is 3.47. The van der Waals surface area contributed by atoms with Crippen molar-refractivity contribution in [3.63, 3.8) is 0 Å². The molecule has 0 fully saturated rings. The van der Waals surface area contributed by atoms with Gasteiger partial charge < -0.3 is 9.72 Å². The highest BCUT2D eigenvalue weighted by molar-refractivity contribution is 9.10. The molecule has 2 aromatic rings. The maximum atomic E-state index is 12.7. The lowest BCUT2D eigenvalue weighted by molar-refractivity contribution is -0.0502. The van der Waals surface area contributed by atoms with Gasteiger partial charge in [0.1, 0.15) is 11.3 Å². The predicted octanol–water partition coefficient (Wildman–Crippen LogP) is 3.07. The summed E-state index contributed by atoms with van der Waals surface area (Å²) >= 11 is 3.02. The maximum Gasteiger partial charge on any atom is 0.387 e. The Balaban J connectivity index is 2.54. The maximum absolute atomic E-state index is 12.7. The van der Waals surface area contributed by atoms with Crippen LogP contribution in [0.2, 0.25) is 0 Å². The smallest absolute Gasteiger partial charge is 0.387 e. The first-order chi connectivity index (χ1) is 7.08. The number of nitrogens with zero attached hydrogens (tertiary/aromatic N) is 1. The van der Waals surface area contributed by atoms with Crippen LogP contribution in [0.15, 0.2) is 16.6 Å². The van der Waals surface area contributed by atoms with Gasteiger partial charge in [-0.3, -0.25) is 0 Å². The molecule has 0 saturated heterocycles. The van der Waals surface area contributed by atoms with Crippen LogP contribution in [0.25, 0.3) is 11.0 Å². The van der Waals surface area contributed by atoms with Gasteiger partial charge in [-0.05, 0) is 28.1 Å². The zero-order valence-corrected chi connectivity index (χ0v) is 8.69. The first-order valence-electron chi connectivity index (χ1n) is 3.86. The minimum absolute atomic E-state index is 0.0796. The molecule has 0 bridgehead atoms. The van der Waals surface area contributed by atoms with Crippen LogP contribution >= 0.6 is 15.9 Å². The average Bonchev–Trinajstić information content (AvgIpc) is 2.51. The van der Waals surface area contributed by atoms with E-state index in [-0.39, 0.29) is 15.7 Å². The van der Waals surface area contributed by atoms with E-state index in [1.165, 1.54) is 12.1 Å². The molecule has 0 radical (unpaired) electrons. The summed E-state index contributed by atoms with van der Waals surface area (Å²) in [5.41, 5.74) is 0.617. The number of halogens is 4. The summed E-state index contributed by atoms with van der Waals surface area (Å²) in [4.78, 5) is 5.82. The first kappa shape index (κ1) is 10.3. The van der Waals surface area contributed by atoms with Gasteiger partial charge >= 0.3 is 6.61 Å². The van der Waals surface area contributed by atoms with E-state index < -0.39 is 12.7 Å². The van der Waals surface area contributed by atoms with Crippen molar-refractivity contribution < 1.29 is 17.9 Å². The Morgan fingerprint density at radius 2 is 2.13 bits per heavy atom. The molecule has 1 aromatic carbocycles. The fourth-order valence-corrected chi connectivity index (χ4v) is 1.71. The van der Waals surface area contributed by atoms with E-state index >= 15 is 0 Å². The van der Waals surface area contributed by atoms with Gasteiger partial charge in [0, 0.05) is 0 Å². The van der Waals surface area contributed by atoms with E-state index in [0.717, 1.165) is 0 Å². The molecule has 80 valence electrons. The molecule has 0 saturated carbocycles. The van der Waals surface area contributed by atoms with Crippen LogP contribution in [0.3, 0.4) is 0 Å². The molecule has 1 aromatic heterocycles. The highest BCUT2D eigenvalue weighted by Crippen LogP contribution is 2.32. The standard InChI is InChI=1S/C8H4BrF3N2O/c9-5-4(15-7(10)11)2-1-3-6(5)14-8(12)13-3/h1-2,7H,(H,13,14). The first-order valence-corrected chi connectivity index (χ1v) is 4.66. The number of rotatable bonds is 2. The third-order valence-electron chi connectivity index (χ3n) is 1.74. The zero-order valence-electron chi connectivity index (χ0n) is 7.10. The summed E-state index contributed by atoms with van der Waals surface area (Å²) < 4.78 is 41.0. The van der Waals surface area contributed by atoms with E-state index in [9.17, 15) is 13.2 Å². The van der Waals surface area contributed by atoms with Gasteiger partial charge in [0.25, 0.3) is 6.08 Å². The number of alkyl halides is 2. The molecule has 0 amide bonds. The summed E-state index contributed by atoms with van der Waals surface area (Å²) in [6.07, 6.45) is -0.778. The molecule has 0 aliphatic carbocycles. The van der Waals surface area contributed by atoms with E-state index in [0.29, 0.717) is 5.52 Å². The van der Waals surface area contributed by atoms with Gasteiger partial charge in [-0.2, -0.15) is 13.2 Å². The Bertz CT molecular complexity index is 500. The number of aromatic amines is 1. The van der Waals surface area contributed by atoms with Crippen molar-refractivity contribution in [2.75, 3.05) is 0 Å². The molecule has 2 rings (SSSR count). The number of imidazole rings is 1. The molecule has 0 spiro atoms. The normalized spacial score (nSPS) is 11.3. The Hall–Kier alpha value is -1.24. The Kier molecular flexibility index (Phi) is 2.56. The number of ether oxygens (including phenoxy) is 1. The van der Waals surface area contributed by atoms with Crippen LogP contribution in [-0.4, -0.2) is 16.6 Å². The summed E-state index contributed by atoms with van der Waals surface area (Å²) in [5, 5.41) is 0. The fraction of sp³-hybridized carbons (Fsp3) is 0.125. The molecule has 0 atom stereocenters. The quantitative estimate of drug-likeness (QED) is 0.918. The molecule has 15 heavy (non-hydrogen) atoms. The van der Waals surface area contributed by atoms with Crippen molar-refractivity contribution in [2.24, 2.45) is 0 Å². The molecule has 0 unspecified atom stereocenters. The minimum Gasteiger partial charge on any atom is -0.434 e. The van der Waals surface area contributed by atoms with Crippen molar-refractivity contribution in [2.45, 2.75) is 6.61 Å². The van der Waals surface area contributed by atoms with Gasteiger partial charge in [0.2, 0.25) is 0 Å². The summed E-state index contributed by atoms with van der Waals surface area (Å²) in [7, 11) is 0. The van der Waals surface area contributed by atoms with Crippen LogP contribution < -0.4 is 4.74 Å². The van der Waals surface area contributed by atoms with Crippen LogP contribution in [0.5, 0.6) is 5.75 Å². The minimum atomic E-state index is -2.93. The van der Waals surface area contributed by atoms with E-state index in [1.807, 2.05) is 0 Å². The third kappa shape index (κ3) is 1.92. The van der Waals surface area contributed by atoms with Gasteiger partial charge in [-0.25, -0.2) is 4.98 Å². The van der Waals surface area contributed by atoms with Crippen molar-refractivity contribution >= 4 is 27.0 Å². The van der Waals surface area contributed by atoms with Crippen LogP contribution in [0.1, 0.15) is 0 Å². The number of benzene rings is 1. The van der Waals surface area contributed by atoms with Crippen LogP contribution in [0.4, 0.5) is 13.2 Å². The van der Waals surface area contributed by atoms with E-state index in [2.05, 4.69) is 30.6 Å². The van der Waals surface area contributed by atoms with Gasteiger partial charge in [0.05, 0.1) is 9.99 Å². The molecule has 1 N–H and O–H groups in total. The topological polar surface area (TPSA) is 37.9 Å². The second kappa shape index (κ2) is 3.73. The monoisotopic (exact) mass is 280 g/mol. The zero-order chi connectivity index (χ0) is 11.0. The molecule has 1 heterocycles. The molecular weight excluding hydrogens is 277 g/mol. The number of nitrogens with one attached hydrogen (secondary N) is 1. The Morgan fingerprint density at radius 1 is 1.40 bits per heavy atom. The lowest BCUT2D eigenvalue weighted by atomic mass is 10.3. The molecule has 3 nitrogen and oxygen atoms in total. The molecule has 7 heteroatoms. The van der Waals surface area contributed by atoms with Gasteiger partial charge in [-0.1, -0.05) is 0 Å². The average molecular weight is 281 g/mol. The fourth-order valence-electron chi connectivity index (χ4n) is 1.18. The summed E-state index contributed by atoms with van der Waals surface area (Å²) in [5.74, 6) is -0.0796. The summed E-state index contributed by atoms with van der Waals surface area (Å²) in [6.45, 7) is -2.93. The number of aromatic nitrogens is 2. The van der Waals surface area contributed by atoms with E-state index in [1.54, 1.807) is 0 Å². The number of hydrogen-bond acceptors (Lipinski definition) is 2. The highest BCUT2D eigenvalue weighted by Gasteiger charge is 2.13. The SMILES string of the molecule is Fc1nc2c(Br)c(OC(F)F)ccc2[nH]1. The largest absolute Gasteiger partial charge is 0.434 e. The molecular formula is C8H4BrF3N2O. The lowest BCUT2D eigenvalue weighted by Crippen LogP contribution is -2.02. The number of hydrogen-bond donors (Lipinski definition) is 1. The van der Waals surface area contributed by atoms with Crippen molar-refractivity contribution in [1.29, 1.82) is 0 Å². The van der Waals surface area contributed by atoms with Crippen molar-refractivity contribution in [3.8, 4) is 5.75 Å². The number of H-pyrrole nitrogens is 1.